The van der Waals surface area contributed by atoms with Crippen molar-refractivity contribution < 1.29 is 23.9 Å². The topological polar surface area (TPSA) is 140 Å². The van der Waals surface area contributed by atoms with Gasteiger partial charge in [-0.1, -0.05) is 0 Å². The number of aromatic carboxylic acids is 1. The molecule has 98 valence electrons. The molecule has 0 aromatic carbocycles. The summed E-state index contributed by atoms with van der Waals surface area (Å²) in [4.78, 5) is 33.6. The summed E-state index contributed by atoms with van der Waals surface area (Å²) in [7, 11) is 0. The maximum Gasteiger partial charge on any atom is 0.371 e. The van der Waals surface area contributed by atoms with Gasteiger partial charge >= 0.3 is 5.97 Å². The molecule has 0 radical (unpaired) electrons. The fourth-order valence-corrected chi connectivity index (χ4v) is 1.41. The monoisotopic (exact) mass is 255 g/mol. The van der Waals surface area contributed by atoms with Crippen LogP contribution in [-0.4, -0.2) is 40.9 Å². The van der Waals surface area contributed by atoms with E-state index in [0.29, 0.717) is 5.76 Å². The molecule has 1 aromatic rings. The molecule has 1 aromatic heterocycles. The molecule has 0 saturated carbocycles. The molecule has 0 fully saturated rings. The standard InChI is InChI=1S/C10H13N3O5/c11-8(14)4-13(5-9(12)15)3-6-1-2-7(18-6)10(16)17/h1-2H,3-5H2,(H2,11,14)(H2,12,15)(H,16,17). The Morgan fingerprint density at radius 1 is 1.17 bits per heavy atom. The van der Waals surface area contributed by atoms with Crippen LogP contribution in [0.1, 0.15) is 16.3 Å². The van der Waals surface area contributed by atoms with Crippen LogP contribution in [0.5, 0.6) is 0 Å². The molecule has 1 rings (SSSR count). The van der Waals surface area contributed by atoms with E-state index in [1.807, 2.05) is 0 Å². The SMILES string of the molecule is NC(=O)CN(CC(N)=O)Cc1ccc(C(=O)O)o1. The molecule has 8 heteroatoms. The molecular formula is C10H13N3O5. The number of nitrogens with two attached hydrogens (primary N) is 2. The third kappa shape index (κ3) is 4.26. The van der Waals surface area contributed by atoms with Gasteiger partial charge in [-0.15, -0.1) is 0 Å². The zero-order chi connectivity index (χ0) is 13.7. The van der Waals surface area contributed by atoms with E-state index in [4.69, 9.17) is 21.0 Å². The highest BCUT2D eigenvalue weighted by Gasteiger charge is 2.15. The van der Waals surface area contributed by atoms with Crippen LogP contribution in [0.25, 0.3) is 0 Å². The average Bonchev–Trinajstić information content (AvgIpc) is 2.63. The Hall–Kier alpha value is -2.35. The number of primary amides is 2. The Morgan fingerprint density at radius 2 is 1.72 bits per heavy atom. The van der Waals surface area contributed by atoms with Crippen molar-refractivity contribution in [2.75, 3.05) is 13.1 Å². The molecule has 8 nitrogen and oxygen atoms in total. The highest BCUT2D eigenvalue weighted by Crippen LogP contribution is 2.10. The van der Waals surface area contributed by atoms with Crippen LogP contribution >= 0.6 is 0 Å². The van der Waals surface area contributed by atoms with E-state index in [1.54, 1.807) is 0 Å². The van der Waals surface area contributed by atoms with Crippen molar-refractivity contribution in [3.05, 3.63) is 23.7 Å². The summed E-state index contributed by atoms with van der Waals surface area (Å²) in [6, 6.07) is 2.73. The Kier molecular flexibility index (Phi) is 4.44. The number of nitrogens with zero attached hydrogens (tertiary/aromatic N) is 1. The number of carboxylic acid groups (broad SMARTS) is 1. The van der Waals surface area contributed by atoms with Crippen LogP contribution in [0, 0.1) is 0 Å². The maximum atomic E-state index is 10.8. The van der Waals surface area contributed by atoms with Crippen LogP contribution < -0.4 is 11.5 Å². The predicted molar refractivity (Wildman–Crippen MR) is 59.3 cm³/mol. The van der Waals surface area contributed by atoms with Gasteiger partial charge in [0.25, 0.3) is 0 Å². The van der Waals surface area contributed by atoms with Crippen molar-refractivity contribution >= 4 is 17.8 Å². The normalized spacial score (nSPS) is 10.5. The number of furan rings is 1. The van der Waals surface area contributed by atoms with Crippen molar-refractivity contribution in [1.82, 2.24) is 4.90 Å². The maximum absolute atomic E-state index is 10.8. The first kappa shape index (κ1) is 13.7. The summed E-state index contributed by atoms with van der Waals surface area (Å²) in [5.74, 6) is -2.36. The molecule has 0 unspecified atom stereocenters. The molecule has 0 aliphatic carbocycles. The van der Waals surface area contributed by atoms with Gasteiger partial charge in [0.05, 0.1) is 19.6 Å². The van der Waals surface area contributed by atoms with Gasteiger partial charge in [-0.25, -0.2) is 4.79 Å². The summed E-state index contributed by atoms with van der Waals surface area (Å²) in [5, 5.41) is 8.67. The van der Waals surface area contributed by atoms with Gasteiger partial charge in [-0.05, 0) is 12.1 Å². The first-order chi connectivity index (χ1) is 8.38. The number of hydrogen-bond donors (Lipinski definition) is 3. The van der Waals surface area contributed by atoms with E-state index >= 15 is 0 Å². The van der Waals surface area contributed by atoms with Crippen molar-refractivity contribution in [3.63, 3.8) is 0 Å². The van der Waals surface area contributed by atoms with Crippen LogP contribution in [0.4, 0.5) is 0 Å². The summed E-state index contributed by atoms with van der Waals surface area (Å²) >= 11 is 0. The number of rotatable bonds is 7. The minimum absolute atomic E-state index is 0.0686. The van der Waals surface area contributed by atoms with Crippen LogP contribution in [0.2, 0.25) is 0 Å². The highest BCUT2D eigenvalue weighted by atomic mass is 16.4. The molecule has 1 heterocycles. The molecule has 0 aliphatic heterocycles. The average molecular weight is 255 g/mol. The largest absolute Gasteiger partial charge is 0.475 e. The molecule has 18 heavy (non-hydrogen) atoms. The van der Waals surface area contributed by atoms with E-state index in [9.17, 15) is 14.4 Å². The second-order valence-electron chi connectivity index (χ2n) is 3.65. The molecule has 5 N–H and O–H groups in total. The van der Waals surface area contributed by atoms with E-state index < -0.39 is 17.8 Å². The Morgan fingerprint density at radius 3 is 2.11 bits per heavy atom. The van der Waals surface area contributed by atoms with E-state index in [1.165, 1.54) is 17.0 Å². The summed E-state index contributed by atoms with van der Waals surface area (Å²) < 4.78 is 4.99. The third-order valence-electron chi connectivity index (χ3n) is 2.01. The minimum Gasteiger partial charge on any atom is -0.475 e. The van der Waals surface area contributed by atoms with Crippen LogP contribution in [0.15, 0.2) is 16.5 Å². The number of carbonyl (C=O) groups excluding carboxylic acids is 2. The van der Waals surface area contributed by atoms with Gasteiger partial charge in [0.15, 0.2) is 0 Å². The molecule has 0 atom stereocenters. The quantitative estimate of drug-likeness (QED) is 0.556. The van der Waals surface area contributed by atoms with Crippen molar-refractivity contribution in [3.8, 4) is 0 Å². The molecule has 0 aliphatic rings. The number of amides is 2. The van der Waals surface area contributed by atoms with Gasteiger partial charge in [0.2, 0.25) is 17.6 Å². The lowest BCUT2D eigenvalue weighted by molar-refractivity contribution is -0.122. The van der Waals surface area contributed by atoms with Crippen molar-refractivity contribution in [2.45, 2.75) is 6.54 Å². The molecule has 0 bridgehead atoms. The third-order valence-corrected chi connectivity index (χ3v) is 2.01. The molecule has 2 amide bonds. The van der Waals surface area contributed by atoms with Gasteiger partial charge in [-0.2, -0.15) is 0 Å². The summed E-state index contributed by atoms with van der Waals surface area (Å²) in [6.45, 7) is -0.281. The zero-order valence-electron chi connectivity index (χ0n) is 9.46. The van der Waals surface area contributed by atoms with Crippen molar-refractivity contribution in [1.29, 1.82) is 0 Å². The lowest BCUT2D eigenvalue weighted by Crippen LogP contribution is -2.39. The number of carbonyl (C=O) groups is 3. The van der Waals surface area contributed by atoms with E-state index in [2.05, 4.69) is 0 Å². The number of hydrogen-bond acceptors (Lipinski definition) is 5. The summed E-state index contributed by atoms with van der Waals surface area (Å²) in [6.07, 6.45) is 0. The fraction of sp³-hybridized carbons (Fsp3) is 0.300. The lowest BCUT2D eigenvalue weighted by atomic mass is 10.3. The van der Waals surface area contributed by atoms with Gasteiger partial charge < -0.3 is 21.0 Å². The molecule has 0 saturated heterocycles. The molecular weight excluding hydrogens is 242 g/mol. The van der Waals surface area contributed by atoms with E-state index in [-0.39, 0.29) is 25.4 Å². The van der Waals surface area contributed by atoms with Gasteiger partial charge in [0.1, 0.15) is 5.76 Å². The zero-order valence-corrected chi connectivity index (χ0v) is 9.46. The first-order valence-corrected chi connectivity index (χ1v) is 4.99. The Balaban J connectivity index is 2.71. The van der Waals surface area contributed by atoms with Gasteiger partial charge in [-0.3, -0.25) is 14.5 Å². The predicted octanol–water partition coefficient (Wildman–Crippen LogP) is -1.25. The Bertz CT molecular complexity index is 452. The van der Waals surface area contributed by atoms with Crippen molar-refractivity contribution in [2.24, 2.45) is 11.5 Å². The van der Waals surface area contributed by atoms with Gasteiger partial charge in [0, 0.05) is 0 Å². The smallest absolute Gasteiger partial charge is 0.371 e. The minimum atomic E-state index is -1.20. The highest BCUT2D eigenvalue weighted by molar-refractivity contribution is 5.84. The second-order valence-corrected chi connectivity index (χ2v) is 3.65. The first-order valence-electron chi connectivity index (χ1n) is 4.99. The lowest BCUT2D eigenvalue weighted by Gasteiger charge is -2.17. The molecule has 0 spiro atoms. The number of carboxylic acids is 1. The van der Waals surface area contributed by atoms with E-state index in [0.717, 1.165) is 0 Å². The van der Waals surface area contributed by atoms with Crippen LogP contribution in [0.3, 0.4) is 0 Å². The van der Waals surface area contributed by atoms with Crippen LogP contribution in [-0.2, 0) is 16.1 Å². The second kappa shape index (κ2) is 5.82. The summed E-state index contributed by atoms with van der Waals surface area (Å²) in [5.41, 5.74) is 10.0. The fourth-order valence-electron chi connectivity index (χ4n) is 1.41. The Labute approximate surface area is 102 Å².